The number of hydrogen-bond acceptors (Lipinski definition) is 3. The summed E-state index contributed by atoms with van der Waals surface area (Å²) in [5.41, 5.74) is 1.04. The van der Waals surface area contributed by atoms with Crippen LogP contribution in [0.5, 0.6) is 0 Å². The molecule has 5 heteroatoms. The Morgan fingerprint density at radius 2 is 2.00 bits per heavy atom. The molecule has 0 bridgehead atoms. The first-order valence-corrected chi connectivity index (χ1v) is 5.20. The number of rotatable bonds is 6. The van der Waals surface area contributed by atoms with Crippen molar-refractivity contribution >= 4 is 18.4 Å². The summed E-state index contributed by atoms with van der Waals surface area (Å²) in [5.74, 6) is -0.900. The van der Waals surface area contributed by atoms with Gasteiger partial charge in [-0.05, 0) is 19.5 Å². The van der Waals surface area contributed by atoms with Crippen molar-refractivity contribution in [2.24, 2.45) is 0 Å². The van der Waals surface area contributed by atoms with Crippen LogP contribution in [0.4, 0.5) is 0 Å². The van der Waals surface area contributed by atoms with Gasteiger partial charge in [0.1, 0.15) is 6.04 Å². The van der Waals surface area contributed by atoms with Crippen LogP contribution in [0.25, 0.3) is 0 Å². The highest BCUT2D eigenvalue weighted by Gasteiger charge is 2.23. The molecule has 0 radical (unpaired) electrons. The van der Waals surface area contributed by atoms with E-state index in [1.807, 2.05) is 30.3 Å². The van der Waals surface area contributed by atoms with Crippen molar-refractivity contribution in [2.45, 2.75) is 25.7 Å². The third-order valence-corrected chi connectivity index (χ3v) is 2.40. The number of likely N-dealkylation sites (N-methyl/N-ethyl adjacent to an activating group) is 1. The fraction of sp³-hybridized carbons (Fsp3) is 0.417. The van der Waals surface area contributed by atoms with Gasteiger partial charge in [0.15, 0.2) is 0 Å². The van der Waals surface area contributed by atoms with Crippen LogP contribution in [0.15, 0.2) is 30.3 Å². The van der Waals surface area contributed by atoms with Gasteiger partial charge in [0.2, 0.25) is 0 Å². The Hall–Kier alpha value is -1.10. The topological polar surface area (TPSA) is 58.6 Å². The van der Waals surface area contributed by atoms with E-state index < -0.39 is 12.0 Å². The summed E-state index contributed by atoms with van der Waals surface area (Å²) in [6, 6.07) is 9.00. The first-order valence-electron chi connectivity index (χ1n) is 5.20. The van der Waals surface area contributed by atoms with Crippen LogP contribution < -0.4 is 5.32 Å². The van der Waals surface area contributed by atoms with E-state index >= 15 is 0 Å². The van der Waals surface area contributed by atoms with E-state index in [1.165, 1.54) is 0 Å². The second kappa shape index (κ2) is 8.06. The lowest BCUT2D eigenvalue weighted by Crippen LogP contribution is -2.43. The largest absolute Gasteiger partial charge is 0.480 e. The highest BCUT2D eigenvalue weighted by molar-refractivity contribution is 5.85. The van der Waals surface area contributed by atoms with Crippen LogP contribution in [0.1, 0.15) is 12.5 Å². The van der Waals surface area contributed by atoms with Gasteiger partial charge < -0.3 is 15.2 Å². The Bertz CT molecular complexity index is 332. The van der Waals surface area contributed by atoms with Gasteiger partial charge in [-0.15, -0.1) is 12.4 Å². The number of carboxylic acids is 1. The van der Waals surface area contributed by atoms with Crippen molar-refractivity contribution < 1.29 is 14.6 Å². The zero-order chi connectivity index (χ0) is 12.0. The van der Waals surface area contributed by atoms with Crippen molar-refractivity contribution in [1.29, 1.82) is 0 Å². The maximum atomic E-state index is 10.8. The predicted molar refractivity (Wildman–Crippen MR) is 68.4 cm³/mol. The lowest BCUT2D eigenvalue weighted by Gasteiger charge is -2.20. The molecule has 0 aliphatic rings. The van der Waals surface area contributed by atoms with Gasteiger partial charge in [-0.25, -0.2) is 0 Å². The molecule has 0 aliphatic heterocycles. The fourth-order valence-electron chi connectivity index (χ4n) is 1.46. The van der Waals surface area contributed by atoms with E-state index in [4.69, 9.17) is 9.84 Å². The number of halogens is 1. The molecule has 2 N–H and O–H groups in total. The summed E-state index contributed by atoms with van der Waals surface area (Å²) >= 11 is 0. The third kappa shape index (κ3) is 5.17. The number of ether oxygens (including phenoxy) is 1. The summed E-state index contributed by atoms with van der Waals surface area (Å²) in [7, 11) is 1.61. The normalized spacial score (nSPS) is 13.5. The monoisotopic (exact) mass is 259 g/mol. The lowest BCUT2D eigenvalue weighted by molar-refractivity contribution is -0.143. The minimum atomic E-state index is -0.900. The minimum Gasteiger partial charge on any atom is -0.480 e. The van der Waals surface area contributed by atoms with Gasteiger partial charge in [-0.1, -0.05) is 30.3 Å². The van der Waals surface area contributed by atoms with Gasteiger partial charge in [0, 0.05) is 0 Å². The first-order chi connectivity index (χ1) is 7.65. The summed E-state index contributed by atoms with van der Waals surface area (Å²) in [6.07, 6.45) is -0.372. The van der Waals surface area contributed by atoms with E-state index in [-0.39, 0.29) is 18.5 Å². The van der Waals surface area contributed by atoms with Crippen molar-refractivity contribution in [1.82, 2.24) is 5.32 Å². The summed E-state index contributed by atoms with van der Waals surface area (Å²) in [4.78, 5) is 10.8. The maximum Gasteiger partial charge on any atom is 0.323 e. The molecular weight excluding hydrogens is 242 g/mol. The van der Waals surface area contributed by atoms with Crippen molar-refractivity contribution in [3.63, 3.8) is 0 Å². The molecule has 1 rings (SSSR count). The van der Waals surface area contributed by atoms with Crippen LogP contribution in [0.3, 0.4) is 0 Å². The molecule has 2 unspecified atom stereocenters. The second-order valence-electron chi connectivity index (χ2n) is 3.61. The third-order valence-electron chi connectivity index (χ3n) is 2.40. The molecule has 0 aliphatic carbocycles. The van der Waals surface area contributed by atoms with Crippen molar-refractivity contribution in [3.05, 3.63) is 35.9 Å². The van der Waals surface area contributed by atoms with E-state index in [0.29, 0.717) is 6.61 Å². The fourth-order valence-corrected chi connectivity index (χ4v) is 1.46. The average Bonchev–Trinajstić information content (AvgIpc) is 2.28. The van der Waals surface area contributed by atoms with Crippen molar-refractivity contribution in [3.8, 4) is 0 Å². The Labute approximate surface area is 107 Å². The number of benzene rings is 1. The molecule has 1 aromatic rings. The molecule has 1 aromatic carbocycles. The zero-order valence-electron chi connectivity index (χ0n) is 9.92. The molecule has 17 heavy (non-hydrogen) atoms. The minimum absolute atomic E-state index is 0. The number of nitrogens with one attached hydrogen (secondary N) is 1. The number of hydrogen-bond donors (Lipinski definition) is 2. The van der Waals surface area contributed by atoms with E-state index in [1.54, 1.807) is 14.0 Å². The molecule has 4 nitrogen and oxygen atoms in total. The highest BCUT2D eigenvalue weighted by Crippen LogP contribution is 2.06. The molecule has 96 valence electrons. The Balaban J connectivity index is 0.00000256. The molecule has 0 saturated heterocycles. The highest BCUT2D eigenvalue weighted by atomic mass is 35.5. The number of carboxylic acid groups (broad SMARTS) is 1. The standard InChI is InChI=1S/C12H17NO3.ClH/c1-9(11(13-2)12(14)15)16-8-10-6-4-3-5-7-10;/h3-7,9,11,13H,8H2,1-2H3,(H,14,15);1H. The maximum absolute atomic E-state index is 10.8. The molecule has 0 spiro atoms. The zero-order valence-corrected chi connectivity index (χ0v) is 10.7. The molecule has 0 saturated carbocycles. The quantitative estimate of drug-likeness (QED) is 0.816. The van der Waals surface area contributed by atoms with E-state index in [0.717, 1.165) is 5.56 Å². The SMILES string of the molecule is CNC(C(=O)O)C(C)OCc1ccccc1.Cl. The van der Waals surface area contributed by atoms with Gasteiger partial charge in [0.05, 0.1) is 12.7 Å². The van der Waals surface area contributed by atoms with Gasteiger partial charge >= 0.3 is 5.97 Å². The second-order valence-corrected chi connectivity index (χ2v) is 3.61. The summed E-state index contributed by atoms with van der Waals surface area (Å²) in [6.45, 7) is 2.17. The Kier molecular flexibility index (Phi) is 7.54. The molecule has 0 fully saturated rings. The Morgan fingerprint density at radius 1 is 1.41 bits per heavy atom. The number of aliphatic carboxylic acids is 1. The summed E-state index contributed by atoms with van der Waals surface area (Å²) in [5, 5.41) is 11.6. The average molecular weight is 260 g/mol. The first kappa shape index (κ1) is 15.9. The van der Waals surface area contributed by atoms with Crippen LogP contribution in [-0.4, -0.2) is 30.3 Å². The van der Waals surface area contributed by atoms with Crippen LogP contribution in [-0.2, 0) is 16.1 Å². The number of carbonyl (C=O) groups is 1. The molecule has 0 aromatic heterocycles. The van der Waals surface area contributed by atoms with Crippen LogP contribution in [0, 0.1) is 0 Å². The van der Waals surface area contributed by atoms with Gasteiger partial charge in [0.25, 0.3) is 0 Å². The van der Waals surface area contributed by atoms with Crippen LogP contribution in [0.2, 0.25) is 0 Å². The van der Waals surface area contributed by atoms with Gasteiger partial charge in [-0.3, -0.25) is 4.79 Å². The molecule has 0 amide bonds. The summed E-state index contributed by atoms with van der Waals surface area (Å²) < 4.78 is 5.50. The molecule has 0 heterocycles. The van der Waals surface area contributed by atoms with E-state index in [9.17, 15) is 4.79 Å². The van der Waals surface area contributed by atoms with E-state index in [2.05, 4.69) is 5.32 Å². The van der Waals surface area contributed by atoms with Gasteiger partial charge in [-0.2, -0.15) is 0 Å². The molecule has 2 atom stereocenters. The van der Waals surface area contributed by atoms with Crippen molar-refractivity contribution in [2.75, 3.05) is 7.05 Å². The van der Waals surface area contributed by atoms with Crippen LogP contribution >= 0.6 is 12.4 Å². The predicted octanol–water partition coefficient (Wildman–Crippen LogP) is 1.69. The Morgan fingerprint density at radius 3 is 2.47 bits per heavy atom. The lowest BCUT2D eigenvalue weighted by atomic mass is 10.2. The smallest absolute Gasteiger partial charge is 0.323 e. The molecular formula is C12H18ClNO3.